The van der Waals surface area contributed by atoms with Crippen molar-refractivity contribution >= 4 is 40.1 Å². The first kappa shape index (κ1) is 15.6. The van der Waals surface area contributed by atoms with E-state index in [9.17, 15) is 14.4 Å². The van der Waals surface area contributed by atoms with Gasteiger partial charge in [-0.15, -0.1) is 0 Å². The number of anilines is 2. The molecule has 1 heterocycles. The molecular weight excluding hydrogens is 288 g/mol. The molecular formula is C15H18N2O3S. The van der Waals surface area contributed by atoms with Gasteiger partial charge < -0.3 is 10.2 Å². The molecule has 112 valence electrons. The molecule has 1 unspecified atom stereocenters. The van der Waals surface area contributed by atoms with Crippen LogP contribution >= 0.6 is 11.8 Å². The summed E-state index contributed by atoms with van der Waals surface area (Å²) in [6.07, 6.45) is 0.345. The summed E-state index contributed by atoms with van der Waals surface area (Å²) in [5, 5.41) is 2.73. The van der Waals surface area contributed by atoms with Gasteiger partial charge in [0, 0.05) is 32.1 Å². The molecule has 1 atom stereocenters. The lowest BCUT2D eigenvalue weighted by molar-refractivity contribution is -0.117. The number of nitrogens with zero attached hydrogens (tertiary/aromatic N) is 1. The van der Waals surface area contributed by atoms with E-state index in [0.717, 1.165) is 5.56 Å². The summed E-state index contributed by atoms with van der Waals surface area (Å²) >= 11 is 1.20. The molecule has 6 heteroatoms. The monoisotopic (exact) mass is 306 g/mol. The number of hydrogen-bond donors (Lipinski definition) is 1. The summed E-state index contributed by atoms with van der Waals surface area (Å²) in [6.45, 7) is 5.36. The van der Waals surface area contributed by atoms with Crippen LogP contribution in [-0.2, 0) is 14.4 Å². The lowest BCUT2D eigenvalue weighted by atomic mass is 10.1. The molecule has 1 aliphatic rings. The van der Waals surface area contributed by atoms with Crippen LogP contribution in [0, 0.1) is 6.92 Å². The maximum Gasteiger partial charge on any atom is 0.228 e. The first-order chi connectivity index (χ1) is 9.86. The second kappa shape index (κ2) is 6.30. The van der Waals surface area contributed by atoms with Crippen molar-refractivity contribution in [2.45, 2.75) is 32.4 Å². The minimum Gasteiger partial charge on any atom is -0.325 e. The summed E-state index contributed by atoms with van der Waals surface area (Å²) in [7, 11) is 0. The van der Waals surface area contributed by atoms with E-state index in [0.29, 0.717) is 24.3 Å². The maximum atomic E-state index is 12.2. The van der Waals surface area contributed by atoms with Crippen molar-refractivity contribution in [3.63, 3.8) is 0 Å². The number of aryl methyl sites for hydroxylation is 1. The molecule has 1 saturated heterocycles. The van der Waals surface area contributed by atoms with Gasteiger partial charge in [-0.2, -0.15) is 0 Å². The van der Waals surface area contributed by atoms with Crippen molar-refractivity contribution in [1.82, 2.24) is 0 Å². The number of carbonyl (C=O) groups excluding carboxylic acids is 3. The Morgan fingerprint density at radius 1 is 1.33 bits per heavy atom. The largest absolute Gasteiger partial charge is 0.325 e. The smallest absolute Gasteiger partial charge is 0.228 e. The third-order valence-electron chi connectivity index (χ3n) is 3.18. The van der Waals surface area contributed by atoms with Crippen molar-refractivity contribution in [2.75, 3.05) is 16.8 Å². The van der Waals surface area contributed by atoms with Crippen molar-refractivity contribution in [3.05, 3.63) is 23.8 Å². The van der Waals surface area contributed by atoms with Gasteiger partial charge in [0.15, 0.2) is 5.12 Å². The first-order valence-corrected chi connectivity index (χ1v) is 7.60. The minimum atomic E-state index is -0.179. The van der Waals surface area contributed by atoms with E-state index in [2.05, 4.69) is 5.32 Å². The number of carbonyl (C=O) groups is 3. The Hall–Kier alpha value is -1.82. The van der Waals surface area contributed by atoms with Gasteiger partial charge in [-0.25, -0.2) is 0 Å². The molecule has 0 radical (unpaired) electrons. The van der Waals surface area contributed by atoms with Crippen molar-refractivity contribution < 1.29 is 14.4 Å². The van der Waals surface area contributed by atoms with Gasteiger partial charge in [-0.3, -0.25) is 14.4 Å². The van der Waals surface area contributed by atoms with E-state index in [4.69, 9.17) is 0 Å². The molecule has 0 aromatic heterocycles. The first-order valence-electron chi connectivity index (χ1n) is 6.72. The lowest BCUT2D eigenvalue weighted by Gasteiger charge is -2.21. The quantitative estimate of drug-likeness (QED) is 0.931. The number of thioether (sulfide) groups is 1. The van der Waals surface area contributed by atoms with Crippen LogP contribution in [0.4, 0.5) is 11.4 Å². The van der Waals surface area contributed by atoms with Crippen LogP contribution in [0.15, 0.2) is 18.2 Å². The molecule has 0 bridgehead atoms. The van der Waals surface area contributed by atoms with Crippen LogP contribution in [0.5, 0.6) is 0 Å². The molecule has 2 amide bonds. The third-order valence-corrected chi connectivity index (χ3v) is 4.16. The molecule has 0 saturated carbocycles. The Kier molecular flexibility index (Phi) is 4.67. The average molecular weight is 306 g/mol. The highest BCUT2D eigenvalue weighted by molar-refractivity contribution is 8.14. The summed E-state index contributed by atoms with van der Waals surface area (Å²) in [5.41, 5.74) is 2.33. The minimum absolute atomic E-state index is 0.0148. The second-order valence-electron chi connectivity index (χ2n) is 5.14. The van der Waals surface area contributed by atoms with E-state index in [1.165, 1.54) is 25.6 Å². The van der Waals surface area contributed by atoms with Gasteiger partial charge in [0.05, 0.1) is 11.4 Å². The van der Waals surface area contributed by atoms with Gasteiger partial charge in [0.25, 0.3) is 0 Å². The Bertz CT molecular complexity index is 601. The van der Waals surface area contributed by atoms with Crippen LogP contribution in [-0.4, -0.2) is 28.7 Å². The van der Waals surface area contributed by atoms with Crippen molar-refractivity contribution in [3.8, 4) is 0 Å². The Labute approximate surface area is 128 Å². The molecule has 2 rings (SSSR count). The van der Waals surface area contributed by atoms with E-state index in [-0.39, 0.29) is 22.2 Å². The number of rotatable bonds is 3. The number of amides is 2. The zero-order chi connectivity index (χ0) is 15.6. The van der Waals surface area contributed by atoms with Crippen LogP contribution in [0.25, 0.3) is 0 Å². The SMILES string of the molecule is CC(=O)Nc1ccc(C)cc1N1CC(SC(C)=O)CC1=O. The molecule has 1 aromatic carbocycles. The zero-order valence-electron chi connectivity index (χ0n) is 12.3. The highest BCUT2D eigenvalue weighted by atomic mass is 32.2. The van der Waals surface area contributed by atoms with Crippen LogP contribution in [0.1, 0.15) is 25.8 Å². The number of nitrogens with one attached hydrogen (secondary N) is 1. The molecule has 1 N–H and O–H groups in total. The summed E-state index contributed by atoms with van der Waals surface area (Å²) in [4.78, 5) is 36.3. The molecule has 0 spiro atoms. The van der Waals surface area contributed by atoms with Crippen molar-refractivity contribution in [1.29, 1.82) is 0 Å². The van der Waals surface area contributed by atoms with Crippen LogP contribution in [0.3, 0.4) is 0 Å². The normalized spacial score (nSPS) is 18.0. The van der Waals surface area contributed by atoms with Gasteiger partial charge in [-0.1, -0.05) is 17.8 Å². The molecule has 21 heavy (non-hydrogen) atoms. The predicted octanol–water partition coefficient (Wildman–Crippen LogP) is 2.34. The van der Waals surface area contributed by atoms with E-state index < -0.39 is 0 Å². The summed E-state index contributed by atoms with van der Waals surface area (Å²) in [6, 6.07) is 5.56. The fraction of sp³-hybridized carbons (Fsp3) is 0.400. The molecule has 5 nitrogen and oxygen atoms in total. The second-order valence-corrected chi connectivity index (χ2v) is 6.62. The van der Waals surface area contributed by atoms with Gasteiger partial charge >= 0.3 is 0 Å². The van der Waals surface area contributed by atoms with Crippen molar-refractivity contribution in [2.24, 2.45) is 0 Å². The van der Waals surface area contributed by atoms with Crippen LogP contribution in [0.2, 0.25) is 0 Å². The van der Waals surface area contributed by atoms with Gasteiger partial charge in [-0.05, 0) is 24.6 Å². The predicted molar refractivity (Wildman–Crippen MR) is 84.5 cm³/mol. The Balaban J connectivity index is 2.28. The fourth-order valence-electron chi connectivity index (χ4n) is 2.38. The summed E-state index contributed by atoms with van der Waals surface area (Å²) < 4.78 is 0. The lowest BCUT2D eigenvalue weighted by Crippen LogP contribution is -2.26. The maximum absolute atomic E-state index is 12.2. The highest BCUT2D eigenvalue weighted by Crippen LogP contribution is 2.34. The Morgan fingerprint density at radius 3 is 2.67 bits per heavy atom. The standard InChI is InChI=1S/C15H18N2O3S/c1-9-4-5-13(16-10(2)18)14(6-9)17-8-12(7-15(17)20)21-11(3)19/h4-6,12H,7-8H2,1-3H3,(H,16,18). The fourth-order valence-corrected chi connectivity index (χ4v) is 3.30. The molecule has 1 aromatic rings. The van der Waals surface area contributed by atoms with E-state index in [1.54, 1.807) is 11.0 Å². The third kappa shape index (κ3) is 3.85. The van der Waals surface area contributed by atoms with Gasteiger partial charge in [0.2, 0.25) is 11.8 Å². The number of hydrogen-bond acceptors (Lipinski definition) is 4. The highest BCUT2D eigenvalue weighted by Gasteiger charge is 2.33. The molecule has 1 fully saturated rings. The molecule has 0 aliphatic carbocycles. The average Bonchev–Trinajstić information content (AvgIpc) is 2.71. The van der Waals surface area contributed by atoms with Crippen LogP contribution < -0.4 is 10.2 Å². The summed E-state index contributed by atoms with van der Waals surface area (Å²) in [5.74, 6) is -0.202. The number of benzene rings is 1. The zero-order valence-corrected chi connectivity index (χ0v) is 13.1. The molecule has 1 aliphatic heterocycles. The van der Waals surface area contributed by atoms with Gasteiger partial charge in [0.1, 0.15) is 0 Å². The Morgan fingerprint density at radius 2 is 2.05 bits per heavy atom. The van der Waals surface area contributed by atoms with E-state index >= 15 is 0 Å². The van der Waals surface area contributed by atoms with E-state index in [1.807, 2.05) is 19.1 Å². The topological polar surface area (TPSA) is 66.5 Å².